The maximum Gasteiger partial charge on any atom is 0.416 e. The molecule has 1 aliphatic rings. The summed E-state index contributed by atoms with van der Waals surface area (Å²) < 4.78 is 38.0. The number of amides is 1. The Morgan fingerprint density at radius 2 is 2.04 bits per heavy atom. The third kappa shape index (κ3) is 4.94. The Morgan fingerprint density at radius 3 is 2.70 bits per heavy atom. The van der Waals surface area contributed by atoms with Gasteiger partial charge in [0.25, 0.3) is 0 Å². The average molecular weight is 330 g/mol. The summed E-state index contributed by atoms with van der Waals surface area (Å²) >= 11 is 0. The quantitative estimate of drug-likeness (QED) is 0.790. The SMILES string of the molecule is NC1CCCCC1NC(=O)C(O)Cc1cccc(C(F)(F)F)c1. The van der Waals surface area contributed by atoms with Crippen molar-refractivity contribution in [3.63, 3.8) is 0 Å². The van der Waals surface area contributed by atoms with E-state index in [4.69, 9.17) is 5.73 Å². The monoisotopic (exact) mass is 330 g/mol. The normalized spacial score (nSPS) is 23.3. The first-order chi connectivity index (χ1) is 10.8. The largest absolute Gasteiger partial charge is 0.416 e. The Morgan fingerprint density at radius 1 is 1.35 bits per heavy atom. The molecular weight excluding hydrogens is 309 g/mol. The lowest BCUT2D eigenvalue weighted by Crippen LogP contribution is -2.52. The molecule has 128 valence electrons. The maximum absolute atomic E-state index is 12.7. The van der Waals surface area contributed by atoms with E-state index in [1.165, 1.54) is 12.1 Å². The Bertz CT molecular complexity index is 548. The lowest BCUT2D eigenvalue weighted by Gasteiger charge is -2.30. The molecule has 0 radical (unpaired) electrons. The summed E-state index contributed by atoms with van der Waals surface area (Å²) in [4.78, 5) is 12.0. The Kier molecular flexibility index (Phi) is 5.64. The number of nitrogens with two attached hydrogens (primary N) is 1. The number of rotatable bonds is 4. The van der Waals surface area contributed by atoms with Crippen LogP contribution in [0.5, 0.6) is 0 Å². The van der Waals surface area contributed by atoms with Crippen molar-refractivity contribution >= 4 is 5.91 Å². The number of aliphatic hydroxyl groups excluding tert-OH is 1. The molecule has 1 aromatic rings. The molecule has 7 heteroatoms. The highest BCUT2D eigenvalue weighted by Crippen LogP contribution is 2.29. The third-order valence-corrected chi connectivity index (χ3v) is 4.13. The van der Waals surface area contributed by atoms with E-state index in [1.807, 2.05) is 0 Å². The topological polar surface area (TPSA) is 75.3 Å². The van der Waals surface area contributed by atoms with Gasteiger partial charge in [0.15, 0.2) is 0 Å². The fraction of sp³-hybridized carbons (Fsp3) is 0.562. The van der Waals surface area contributed by atoms with Crippen molar-refractivity contribution in [2.45, 2.75) is 56.5 Å². The van der Waals surface area contributed by atoms with E-state index < -0.39 is 23.8 Å². The molecule has 0 saturated heterocycles. The fourth-order valence-electron chi connectivity index (χ4n) is 2.81. The molecule has 0 bridgehead atoms. The minimum Gasteiger partial charge on any atom is -0.383 e. The second-order valence-electron chi connectivity index (χ2n) is 5.98. The van der Waals surface area contributed by atoms with Crippen molar-refractivity contribution in [3.8, 4) is 0 Å². The first-order valence-corrected chi connectivity index (χ1v) is 7.67. The van der Waals surface area contributed by atoms with Crippen LogP contribution in [0.25, 0.3) is 0 Å². The lowest BCUT2D eigenvalue weighted by atomic mass is 9.91. The predicted molar refractivity (Wildman–Crippen MR) is 79.5 cm³/mol. The van der Waals surface area contributed by atoms with Crippen molar-refractivity contribution in [3.05, 3.63) is 35.4 Å². The standard InChI is InChI=1S/C16H21F3N2O2/c17-16(18,19)11-5-3-4-10(8-11)9-14(22)15(23)21-13-7-2-1-6-12(13)20/h3-5,8,12-14,22H,1-2,6-7,9,20H2,(H,21,23). The van der Waals surface area contributed by atoms with Crippen LogP contribution in [-0.2, 0) is 17.4 Å². The van der Waals surface area contributed by atoms with Gasteiger partial charge >= 0.3 is 6.18 Å². The Balaban J connectivity index is 1.95. The van der Waals surface area contributed by atoms with Gasteiger partial charge in [0.1, 0.15) is 6.10 Å². The second-order valence-corrected chi connectivity index (χ2v) is 5.98. The lowest BCUT2D eigenvalue weighted by molar-refractivity contribution is -0.137. The van der Waals surface area contributed by atoms with Crippen molar-refractivity contribution in [1.82, 2.24) is 5.32 Å². The molecule has 0 heterocycles. The summed E-state index contributed by atoms with van der Waals surface area (Å²) in [6.45, 7) is 0. The number of nitrogens with one attached hydrogen (secondary N) is 1. The van der Waals surface area contributed by atoms with Gasteiger partial charge in [-0.1, -0.05) is 31.0 Å². The number of hydrogen-bond donors (Lipinski definition) is 3. The molecule has 1 aliphatic carbocycles. The van der Waals surface area contributed by atoms with Crippen LogP contribution in [0.1, 0.15) is 36.8 Å². The number of aliphatic hydroxyl groups is 1. The molecule has 4 nitrogen and oxygen atoms in total. The molecule has 1 amide bonds. The molecule has 1 aromatic carbocycles. The van der Waals surface area contributed by atoms with Crippen LogP contribution in [0.15, 0.2) is 24.3 Å². The molecule has 3 atom stereocenters. The summed E-state index contributed by atoms with van der Waals surface area (Å²) in [5.41, 5.74) is 5.39. The molecule has 1 fully saturated rings. The van der Waals surface area contributed by atoms with Gasteiger partial charge in [0, 0.05) is 18.5 Å². The number of benzene rings is 1. The van der Waals surface area contributed by atoms with Crippen LogP contribution in [-0.4, -0.2) is 29.2 Å². The molecule has 4 N–H and O–H groups in total. The molecule has 0 aliphatic heterocycles. The maximum atomic E-state index is 12.7. The smallest absolute Gasteiger partial charge is 0.383 e. The molecular formula is C16H21F3N2O2. The van der Waals surface area contributed by atoms with Crippen molar-refractivity contribution in [2.24, 2.45) is 5.73 Å². The summed E-state index contributed by atoms with van der Waals surface area (Å²) in [6.07, 6.45) is -2.47. The van der Waals surface area contributed by atoms with Crippen LogP contribution < -0.4 is 11.1 Å². The highest BCUT2D eigenvalue weighted by Gasteiger charge is 2.31. The van der Waals surface area contributed by atoms with E-state index in [0.29, 0.717) is 0 Å². The van der Waals surface area contributed by atoms with Gasteiger partial charge in [-0.2, -0.15) is 13.2 Å². The van der Waals surface area contributed by atoms with Crippen molar-refractivity contribution < 1.29 is 23.1 Å². The fourth-order valence-corrected chi connectivity index (χ4v) is 2.81. The summed E-state index contributed by atoms with van der Waals surface area (Å²) in [7, 11) is 0. The van der Waals surface area contributed by atoms with Gasteiger partial charge < -0.3 is 16.2 Å². The molecule has 0 spiro atoms. The van der Waals surface area contributed by atoms with E-state index in [2.05, 4.69) is 5.32 Å². The molecule has 3 unspecified atom stereocenters. The van der Waals surface area contributed by atoms with E-state index in [0.717, 1.165) is 37.8 Å². The minimum absolute atomic E-state index is 0.145. The average Bonchev–Trinajstić information content (AvgIpc) is 2.49. The number of carbonyl (C=O) groups is 1. The number of hydrogen-bond acceptors (Lipinski definition) is 3. The summed E-state index contributed by atoms with van der Waals surface area (Å²) in [5.74, 6) is -0.593. The zero-order valence-electron chi connectivity index (χ0n) is 12.6. The van der Waals surface area contributed by atoms with Gasteiger partial charge in [0.2, 0.25) is 5.91 Å². The van der Waals surface area contributed by atoms with Crippen molar-refractivity contribution in [1.29, 1.82) is 0 Å². The van der Waals surface area contributed by atoms with Gasteiger partial charge in [-0.05, 0) is 24.5 Å². The van der Waals surface area contributed by atoms with Crippen molar-refractivity contribution in [2.75, 3.05) is 0 Å². The summed E-state index contributed by atoms with van der Waals surface area (Å²) in [5, 5.41) is 12.6. The highest BCUT2D eigenvalue weighted by atomic mass is 19.4. The Hall–Kier alpha value is -1.60. The molecule has 0 aromatic heterocycles. The molecule has 1 saturated carbocycles. The molecule has 23 heavy (non-hydrogen) atoms. The van der Waals surface area contributed by atoms with Gasteiger partial charge in [-0.15, -0.1) is 0 Å². The first-order valence-electron chi connectivity index (χ1n) is 7.67. The van der Waals surface area contributed by atoms with E-state index >= 15 is 0 Å². The Labute approximate surface area is 132 Å². The second kappa shape index (κ2) is 7.31. The van der Waals surface area contributed by atoms with Gasteiger partial charge in [0.05, 0.1) is 5.56 Å². The number of carbonyl (C=O) groups excluding carboxylic acids is 1. The van der Waals surface area contributed by atoms with Crippen LogP contribution in [0.4, 0.5) is 13.2 Å². The number of alkyl halides is 3. The van der Waals surface area contributed by atoms with Gasteiger partial charge in [-0.25, -0.2) is 0 Å². The zero-order valence-corrected chi connectivity index (χ0v) is 12.6. The highest BCUT2D eigenvalue weighted by molar-refractivity contribution is 5.81. The van der Waals surface area contributed by atoms with Crippen LogP contribution in [0.3, 0.4) is 0 Å². The van der Waals surface area contributed by atoms with E-state index in [9.17, 15) is 23.1 Å². The van der Waals surface area contributed by atoms with Crippen LogP contribution in [0.2, 0.25) is 0 Å². The van der Waals surface area contributed by atoms with E-state index in [-0.39, 0.29) is 24.1 Å². The van der Waals surface area contributed by atoms with Crippen LogP contribution >= 0.6 is 0 Å². The zero-order chi connectivity index (χ0) is 17.0. The minimum atomic E-state index is -4.45. The third-order valence-electron chi connectivity index (χ3n) is 4.13. The predicted octanol–water partition coefficient (Wildman–Crippen LogP) is 1.99. The van der Waals surface area contributed by atoms with E-state index in [1.54, 1.807) is 0 Å². The first kappa shape index (κ1) is 17.7. The van der Waals surface area contributed by atoms with Gasteiger partial charge in [-0.3, -0.25) is 4.79 Å². The number of halogens is 3. The molecule has 2 rings (SSSR count). The van der Waals surface area contributed by atoms with Crippen LogP contribution in [0, 0.1) is 0 Å². The summed E-state index contributed by atoms with van der Waals surface area (Å²) in [6, 6.07) is 4.29.